The highest BCUT2D eigenvalue weighted by Gasteiger charge is 2.42. The Balaban J connectivity index is 0.953. The highest BCUT2D eigenvalue weighted by atomic mass is 32.2. The maximum Gasteiger partial charge on any atom is 0.320 e. The van der Waals surface area contributed by atoms with E-state index >= 15 is 0 Å². The van der Waals surface area contributed by atoms with Crippen molar-refractivity contribution in [3.63, 3.8) is 0 Å². The van der Waals surface area contributed by atoms with Gasteiger partial charge in [-0.3, -0.25) is 4.79 Å². The van der Waals surface area contributed by atoms with E-state index in [0.29, 0.717) is 62.8 Å². The molecule has 5 rings (SSSR count). The van der Waals surface area contributed by atoms with E-state index in [9.17, 15) is 14.6 Å². The Hall–Kier alpha value is -3.59. The molecule has 1 aromatic heterocycles. The Labute approximate surface area is 274 Å². The van der Waals surface area contributed by atoms with Gasteiger partial charge in [0.1, 0.15) is 12.4 Å². The molecule has 0 bridgehead atoms. The molecule has 0 radical (unpaired) electrons. The first-order valence-corrected chi connectivity index (χ1v) is 16.9. The maximum atomic E-state index is 12.1. The van der Waals surface area contributed by atoms with Crippen LogP contribution in [0.3, 0.4) is 0 Å². The first-order chi connectivity index (χ1) is 22.3. The van der Waals surface area contributed by atoms with Gasteiger partial charge < -0.3 is 40.9 Å². The fourth-order valence-electron chi connectivity index (χ4n) is 5.79. The second kappa shape index (κ2) is 16.3. The zero-order valence-corrected chi connectivity index (χ0v) is 27.2. The number of hydrogen-bond acceptors (Lipinski definition) is 10. The van der Waals surface area contributed by atoms with Crippen LogP contribution in [0.2, 0.25) is 6.82 Å². The number of carbonyl (C=O) groups excluding carboxylic acids is 2. The number of benzene rings is 2. The molecule has 2 aliphatic heterocycles. The lowest BCUT2D eigenvalue weighted by molar-refractivity contribution is -0.121. The third-order valence-electron chi connectivity index (χ3n) is 8.30. The summed E-state index contributed by atoms with van der Waals surface area (Å²) in [7, 11) is 0. The molecule has 12 nitrogen and oxygen atoms in total. The molecule has 3 aromatic rings. The molecule has 2 aliphatic rings. The summed E-state index contributed by atoms with van der Waals surface area (Å²) in [6, 6.07) is 11.9. The lowest BCUT2D eigenvalue weighted by Gasteiger charge is -2.16. The maximum absolute atomic E-state index is 12.1. The van der Waals surface area contributed by atoms with E-state index in [4.69, 9.17) is 19.9 Å². The highest BCUT2D eigenvalue weighted by Crippen LogP contribution is 2.34. The summed E-state index contributed by atoms with van der Waals surface area (Å²) < 4.78 is 17.4. The van der Waals surface area contributed by atoms with Crippen molar-refractivity contribution in [3.8, 4) is 16.9 Å². The topological polar surface area (TPSA) is 170 Å². The molecule has 3 amide bonds. The summed E-state index contributed by atoms with van der Waals surface area (Å²) >= 11 is 1.90. The van der Waals surface area contributed by atoms with Gasteiger partial charge in [0.25, 0.3) is 0 Å². The fourth-order valence-corrected chi connectivity index (χ4v) is 7.33. The first-order valence-electron chi connectivity index (χ1n) is 15.9. The number of amides is 3. The molecule has 3 heterocycles. The van der Waals surface area contributed by atoms with Crippen molar-refractivity contribution in [2.45, 2.75) is 56.8 Å². The van der Waals surface area contributed by atoms with Crippen molar-refractivity contribution in [1.29, 1.82) is 0 Å². The minimum Gasteiger partial charge on any atom is -0.491 e. The van der Waals surface area contributed by atoms with E-state index in [-0.39, 0.29) is 24.0 Å². The van der Waals surface area contributed by atoms with Gasteiger partial charge in [-0.25, -0.2) is 4.79 Å². The summed E-state index contributed by atoms with van der Waals surface area (Å²) in [6.45, 7) is 5.43. The zero-order valence-electron chi connectivity index (χ0n) is 26.4. The lowest BCUT2D eigenvalue weighted by Crippen LogP contribution is -2.36. The first kappa shape index (κ1) is 33.8. The summed E-state index contributed by atoms with van der Waals surface area (Å²) in [5, 5.41) is 29.4. The monoisotopic (exact) mass is 650 g/mol. The van der Waals surface area contributed by atoms with Gasteiger partial charge in [-0.1, -0.05) is 31.4 Å². The number of aromatic nitrogens is 2. The third kappa shape index (κ3) is 8.81. The molecule has 0 spiro atoms. The van der Waals surface area contributed by atoms with Crippen LogP contribution in [0.1, 0.15) is 31.4 Å². The molecule has 14 heteroatoms. The molecule has 6 N–H and O–H groups in total. The van der Waals surface area contributed by atoms with Gasteiger partial charge in [0.05, 0.1) is 44.2 Å². The number of nitrogens with two attached hydrogens (primary N) is 1. The van der Waals surface area contributed by atoms with Crippen LogP contribution in [0.5, 0.6) is 5.75 Å². The number of urea groups is 1. The van der Waals surface area contributed by atoms with Gasteiger partial charge in [0.2, 0.25) is 5.91 Å². The van der Waals surface area contributed by atoms with E-state index in [1.807, 2.05) is 55.1 Å². The molecular weight excluding hydrogens is 607 g/mol. The minimum absolute atomic E-state index is 0.0299. The molecule has 46 heavy (non-hydrogen) atoms. The average Bonchev–Trinajstić information content (AvgIpc) is 3.60. The number of hydrogen-bond donors (Lipinski definition) is 5. The number of carbonyl (C=O) groups is 2. The van der Waals surface area contributed by atoms with Gasteiger partial charge >= 0.3 is 12.9 Å². The second-order valence-corrected chi connectivity index (χ2v) is 12.9. The molecule has 3 atom stereocenters. The molecule has 0 saturated carbocycles. The lowest BCUT2D eigenvalue weighted by atomic mass is 9.64. The number of nitrogens with zero attached hydrogens (tertiary/aromatic N) is 2. The summed E-state index contributed by atoms with van der Waals surface area (Å²) in [5.41, 5.74) is 9.36. The fraction of sp³-hybridized carbons (Fsp3) is 0.500. The van der Waals surface area contributed by atoms with E-state index in [0.717, 1.165) is 58.1 Å². The Kier molecular flexibility index (Phi) is 12.0. The van der Waals surface area contributed by atoms with Crippen LogP contribution in [-0.2, 0) is 14.3 Å². The number of fused-ring (bicyclic) bond motifs is 2. The SMILES string of the molecule is CB(O)c1ccc(OCCOCCOCCNC(=O)CCCC[C@@H]2SC[C@@H]3NC(=O)N[C@@H]32)c(-c2ccc3c(N)nnc(C)c3c2)c1. The molecule has 0 unspecified atom stereocenters. The molecule has 246 valence electrons. The van der Waals surface area contributed by atoms with Crippen molar-refractivity contribution in [2.24, 2.45) is 0 Å². The van der Waals surface area contributed by atoms with Crippen LogP contribution in [0, 0.1) is 6.92 Å². The summed E-state index contributed by atoms with van der Waals surface area (Å²) in [6.07, 6.45) is 3.29. The molecule has 2 saturated heterocycles. The van der Waals surface area contributed by atoms with Crippen LogP contribution in [0.4, 0.5) is 10.6 Å². The van der Waals surface area contributed by atoms with E-state index in [1.165, 1.54) is 0 Å². The number of anilines is 1. The van der Waals surface area contributed by atoms with Gasteiger partial charge in [0, 0.05) is 40.3 Å². The smallest absolute Gasteiger partial charge is 0.320 e. The normalized spacial score (nSPS) is 18.7. The van der Waals surface area contributed by atoms with Crippen molar-refractivity contribution < 1.29 is 28.8 Å². The van der Waals surface area contributed by atoms with Crippen molar-refractivity contribution >= 4 is 52.7 Å². The Morgan fingerprint density at radius 1 is 1.07 bits per heavy atom. The quantitative estimate of drug-likeness (QED) is 0.0830. The average molecular weight is 651 g/mol. The van der Waals surface area contributed by atoms with E-state index < -0.39 is 6.92 Å². The minimum atomic E-state index is -0.621. The van der Waals surface area contributed by atoms with Crippen molar-refractivity contribution in [2.75, 3.05) is 51.1 Å². The van der Waals surface area contributed by atoms with Crippen LogP contribution in [0.25, 0.3) is 21.9 Å². The van der Waals surface area contributed by atoms with E-state index in [1.54, 1.807) is 6.82 Å². The number of nitrogens with one attached hydrogen (secondary N) is 3. The standard InChI is InChI=1S/C32H43BN6O6S/c1-20-24-17-21(7-9-23(24)31(34)39-38-20)25-18-22(33(2)42)8-10-27(25)45-16-15-44-14-13-43-12-11-35-29(40)6-4-3-5-28-30-26(19-46-28)36-32(41)37-30/h7-10,17-18,26,28,30,42H,3-6,11-16,19H2,1-2H3,(H2,34,39)(H,35,40)(H2,36,37,41)/t26-,28-,30-/m0/s1. The molecular formula is C32H43BN6O6S. The number of nitrogen functional groups attached to an aromatic ring is 1. The Bertz CT molecular complexity index is 1510. The Morgan fingerprint density at radius 3 is 2.70 bits per heavy atom. The van der Waals surface area contributed by atoms with Crippen LogP contribution in [-0.4, -0.2) is 96.7 Å². The third-order valence-corrected chi connectivity index (χ3v) is 9.81. The predicted octanol–water partition coefficient (Wildman–Crippen LogP) is 2.26. The summed E-state index contributed by atoms with van der Waals surface area (Å²) in [4.78, 5) is 23.6. The van der Waals surface area contributed by atoms with Gasteiger partial charge in [0.15, 0.2) is 5.82 Å². The van der Waals surface area contributed by atoms with Gasteiger partial charge in [-0.15, -0.1) is 5.10 Å². The van der Waals surface area contributed by atoms with Crippen molar-refractivity contribution in [1.82, 2.24) is 26.1 Å². The van der Waals surface area contributed by atoms with Gasteiger partial charge in [-0.2, -0.15) is 16.9 Å². The number of aryl methyl sites for hydroxylation is 1. The largest absolute Gasteiger partial charge is 0.491 e. The molecule has 2 aromatic carbocycles. The van der Waals surface area contributed by atoms with Crippen molar-refractivity contribution in [3.05, 3.63) is 42.1 Å². The van der Waals surface area contributed by atoms with Crippen LogP contribution < -0.4 is 31.9 Å². The number of unbranched alkanes of at least 4 members (excludes halogenated alkanes) is 1. The molecule has 0 aliphatic carbocycles. The summed E-state index contributed by atoms with van der Waals surface area (Å²) in [5.74, 6) is 2.04. The number of rotatable bonds is 17. The number of thioether (sulfide) groups is 1. The number of ether oxygens (including phenoxy) is 3. The van der Waals surface area contributed by atoms with Gasteiger partial charge in [-0.05, 0) is 49.0 Å². The van der Waals surface area contributed by atoms with Crippen LogP contribution >= 0.6 is 11.8 Å². The zero-order chi connectivity index (χ0) is 32.5. The van der Waals surface area contributed by atoms with E-state index in [2.05, 4.69) is 26.1 Å². The second-order valence-electron chi connectivity index (χ2n) is 11.7. The predicted molar refractivity (Wildman–Crippen MR) is 182 cm³/mol. The Morgan fingerprint density at radius 2 is 1.87 bits per heavy atom. The highest BCUT2D eigenvalue weighted by molar-refractivity contribution is 8.00. The molecule has 2 fully saturated rings. The van der Waals surface area contributed by atoms with Crippen LogP contribution in [0.15, 0.2) is 36.4 Å².